The summed E-state index contributed by atoms with van der Waals surface area (Å²) in [6.07, 6.45) is -0.215. The van der Waals surface area contributed by atoms with E-state index in [1.54, 1.807) is 24.3 Å². The van der Waals surface area contributed by atoms with Crippen LogP contribution >= 0.6 is 0 Å². The SMILES string of the molecule is COC(=O)[C@H](CNC(=O)C[C@H]1CC(c2ccc(C#N)cc2)=NO1)NS(=O)(=O)c1c(C)noc1C. The van der Waals surface area contributed by atoms with Crippen LogP contribution in [0.1, 0.15) is 35.4 Å². The van der Waals surface area contributed by atoms with Gasteiger partial charge in [-0.2, -0.15) is 9.98 Å². The van der Waals surface area contributed by atoms with E-state index < -0.39 is 34.0 Å². The number of nitriles is 1. The van der Waals surface area contributed by atoms with Gasteiger partial charge < -0.3 is 19.4 Å². The van der Waals surface area contributed by atoms with Crippen molar-refractivity contribution in [1.82, 2.24) is 15.2 Å². The van der Waals surface area contributed by atoms with E-state index in [0.29, 0.717) is 17.7 Å². The van der Waals surface area contributed by atoms with Gasteiger partial charge in [-0.05, 0) is 31.5 Å². The van der Waals surface area contributed by atoms with Gasteiger partial charge in [-0.1, -0.05) is 22.4 Å². The zero-order valence-corrected chi connectivity index (χ0v) is 19.5. The van der Waals surface area contributed by atoms with Gasteiger partial charge in [-0.15, -0.1) is 0 Å². The first-order valence-electron chi connectivity index (χ1n) is 10.2. The summed E-state index contributed by atoms with van der Waals surface area (Å²) < 4.78 is 37.2. The maximum Gasteiger partial charge on any atom is 0.325 e. The van der Waals surface area contributed by atoms with Crippen molar-refractivity contribution in [3.8, 4) is 6.07 Å². The van der Waals surface area contributed by atoms with E-state index in [2.05, 4.69) is 25.1 Å². The van der Waals surface area contributed by atoms with Crippen LogP contribution in [0.4, 0.5) is 0 Å². The first-order chi connectivity index (χ1) is 16.1. The molecule has 1 aromatic carbocycles. The number of aryl methyl sites for hydroxylation is 2. The molecule has 0 saturated heterocycles. The number of aromatic nitrogens is 1. The van der Waals surface area contributed by atoms with Crippen LogP contribution in [0.25, 0.3) is 0 Å². The largest absolute Gasteiger partial charge is 0.468 e. The van der Waals surface area contributed by atoms with Gasteiger partial charge in [0.05, 0.1) is 30.9 Å². The highest BCUT2D eigenvalue weighted by Crippen LogP contribution is 2.20. The van der Waals surface area contributed by atoms with Crippen LogP contribution in [0.15, 0.2) is 38.8 Å². The maximum absolute atomic E-state index is 12.7. The molecule has 12 nitrogen and oxygen atoms in total. The fraction of sp³-hybridized carbons (Fsp3) is 0.381. The van der Waals surface area contributed by atoms with E-state index in [1.807, 2.05) is 6.07 Å². The molecule has 13 heteroatoms. The second-order valence-corrected chi connectivity index (χ2v) is 9.17. The number of benzene rings is 1. The number of amides is 1. The Balaban J connectivity index is 1.56. The second kappa shape index (κ2) is 10.4. The van der Waals surface area contributed by atoms with Gasteiger partial charge in [0.1, 0.15) is 22.7 Å². The summed E-state index contributed by atoms with van der Waals surface area (Å²) in [5.41, 5.74) is 2.07. The Bertz CT molecular complexity index is 1230. The fourth-order valence-electron chi connectivity index (χ4n) is 3.36. The third-order valence-corrected chi connectivity index (χ3v) is 6.73. The Hall–Kier alpha value is -3.76. The van der Waals surface area contributed by atoms with E-state index in [9.17, 15) is 18.0 Å². The number of sulfonamides is 1. The normalized spacial score (nSPS) is 16.2. The van der Waals surface area contributed by atoms with Crippen molar-refractivity contribution in [2.24, 2.45) is 5.16 Å². The van der Waals surface area contributed by atoms with Gasteiger partial charge in [0.25, 0.3) is 0 Å². The Morgan fingerprint density at radius 3 is 2.59 bits per heavy atom. The molecule has 1 aromatic heterocycles. The van der Waals surface area contributed by atoms with Gasteiger partial charge in [0, 0.05) is 13.0 Å². The number of oxime groups is 1. The summed E-state index contributed by atoms with van der Waals surface area (Å²) >= 11 is 0. The Labute approximate surface area is 195 Å². The number of methoxy groups -OCH3 is 1. The Morgan fingerprint density at radius 1 is 1.29 bits per heavy atom. The minimum absolute atomic E-state index is 0.0617. The van der Waals surface area contributed by atoms with Crippen LogP contribution in [-0.2, 0) is 29.2 Å². The molecule has 0 spiro atoms. The van der Waals surface area contributed by atoms with Crippen molar-refractivity contribution in [2.45, 2.75) is 43.7 Å². The van der Waals surface area contributed by atoms with Crippen molar-refractivity contribution in [2.75, 3.05) is 13.7 Å². The summed E-state index contributed by atoms with van der Waals surface area (Å²) in [4.78, 5) is 29.7. The van der Waals surface area contributed by atoms with E-state index in [1.165, 1.54) is 13.8 Å². The molecule has 1 aliphatic rings. The van der Waals surface area contributed by atoms with Gasteiger partial charge >= 0.3 is 5.97 Å². The molecule has 0 fully saturated rings. The summed E-state index contributed by atoms with van der Waals surface area (Å²) in [6, 6.07) is 7.48. The quantitative estimate of drug-likeness (QED) is 0.480. The zero-order valence-electron chi connectivity index (χ0n) is 18.7. The molecule has 0 radical (unpaired) electrons. The Morgan fingerprint density at radius 2 is 2.00 bits per heavy atom. The van der Waals surface area contributed by atoms with E-state index in [4.69, 9.17) is 14.6 Å². The standard InChI is InChI=1S/C21H23N5O7S/c1-12-20(13(2)32-24-12)34(29,30)26-18(21(28)31-3)11-23-19(27)9-16-8-17(25-33-16)15-6-4-14(10-22)5-7-15/h4-7,16,18,26H,8-9,11H2,1-3H3,(H,23,27)/t16-,18+/m1/s1. The van der Waals surface area contributed by atoms with Gasteiger partial charge in [-0.3, -0.25) is 9.59 Å². The number of carbonyl (C=O) groups excluding carboxylic acids is 2. The molecule has 1 amide bonds. The average Bonchev–Trinajstić information content (AvgIpc) is 3.42. The molecular weight excluding hydrogens is 466 g/mol. The summed E-state index contributed by atoms with van der Waals surface area (Å²) in [7, 11) is -3.06. The molecule has 2 aromatic rings. The minimum atomic E-state index is -4.17. The highest BCUT2D eigenvalue weighted by Gasteiger charge is 2.32. The van der Waals surface area contributed by atoms with E-state index >= 15 is 0 Å². The Kier molecular flexibility index (Phi) is 7.64. The molecule has 34 heavy (non-hydrogen) atoms. The molecule has 0 aliphatic carbocycles. The highest BCUT2D eigenvalue weighted by atomic mass is 32.2. The zero-order chi connectivity index (χ0) is 24.9. The van der Waals surface area contributed by atoms with Crippen LogP contribution in [0, 0.1) is 25.2 Å². The lowest BCUT2D eigenvalue weighted by Gasteiger charge is -2.17. The number of nitrogens with zero attached hydrogens (tertiary/aromatic N) is 3. The van der Waals surface area contributed by atoms with Crippen molar-refractivity contribution < 1.29 is 32.1 Å². The lowest BCUT2D eigenvalue weighted by atomic mass is 10.0. The number of nitrogens with one attached hydrogen (secondary N) is 2. The number of rotatable bonds is 9. The molecule has 2 atom stereocenters. The van der Waals surface area contributed by atoms with Gasteiger partial charge in [0.15, 0.2) is 5.76 Å². The maximum atomic E-state index is 12.7. The number of ether oxygens (including phenoxy) is 1. The molecule has 0 unspecified atom stereocenters. The van der Waals surface area contributed by atoms with Crippen LogP contribution in [0.3, 0.4) is 0 Å². The molecule has 3 rings (SSSR count). The van der Waals surface area contributed by atoms with Crippen molar-refractivity contribution >= 4 is 27.6 Å². The van der Waals surface area contributed by atoms with Crippen molar-refractivity contribution in [3.63, 3.8) is 0 Å². The molecule has 0 saturated carbocycles. The smallest absolute Gasteiger partial charge is 0.325 e. The first kappa shape index (κ1) is 24.9. The predicted octanol–water partition coefficient (Wildman–Crippen LogP) is 0.683. The molecule has 1 aliphatic heterocycles. The molecule has 2 N–H and O–H groups in total. The van der Waals surface area contributed by atoms with Gasteiger partial charge in [-0.25, -0.2) is 8.42 Å². The van der Waals surface area contributed by atoms with Crippen LogP contribution < -0.4 is 10.0 Å². The van der Waals surface area contributed by atoms with Crippen LogP contribution in [0.5, 0.6) is 0 Å². The molecule has 0 bridgehead atoms. The minimum Gasteiger partial charge on any atom is -0.468 e. The van der Waals surface area contributed by atoms with E-state index in [0.717, 1.165) is 12.7 Å². The second-order valence-electron chi connectivity index (χ2n) is 7.52. The predicted molar refractivity (Wildman–Crippen MR) is 117 cm³/mol. The fourth-order valence-corrected chi connectivity index (χ4v) is 4.87. The average molecular weight is 490 g/mol. The van der Waals surface area contributed by atoms with Crippen molar-refractivity contribution in [3.05, 3.63) is 46.8 Å². The third-order valence-electron chi connectivity index (χ3n) is 5.02. The number of hydrogen-bond donors (Lipinski definition) is 2. The number of hydrogen-bond acceptors (Lipinski definition) is 10. The summed E-state index contributed by atoms with van der Waals surface area (Å²) in [5, 5.41) is 19.0. The lowest BCUT2D eigenvalue weighted by molar-refractivity contribution is -0.142. The number of carbonyl (C=O) groups is 2. The van der Waals surface area contributed by atoms with Gasteiger partial charge in [0.2, 0.25) is 15.9 Å². The van der Waals surface area contributed by atoms with Crippen LogP contribution in [-0.4, -0.2) is 57.0 Å². The van der Waals surface area contributed by atoms with E-state index in [-0.39, 0.29) is 29.3 Å². The van der Waals surface area contributed by atoms with Crippen molar-refractivity contribution in [1.29, 1.82) is 5.26 Å². The monoisotopic (exact) mass is 489 g/mol. The molecule has 2 heterocycles. The summed E-state index contributed by atoms with van der Waals surface area (Å²) in [6.45, 7) is 2.54. The van der Waals surface area contributed by atoms with Crippen LogP contribution in [0.2, 0.25) is 0 Å². The highest BCUT2D eigenvalue weighted by molar-refractivity contribution is 7.89. The topological polar surface area (TPSA) is 173 Å². The first-order valence-corrected chi connectivity index (χ1v) is 11.7. The molecular formula is C21H23N5O7S. The summed E-state index contributed by atoms with van der Waals surface area (Å²) in [5.74, 6) is -1.28. The number of esters is 1. The molecule has 180 valence electrons. The lowest BCUT2D eigenvalue weighted by Crippen LogP contribution is -2.49. The third kappa shape index (κ3) is 5.77.